The maximum Gasteiger partial charge on any atom is 0.338 e. The number of nitrogens with one attached hydrogen (secondary N) is 2. The van der Waals surface area contributed by atoms with E-state index in [-0.39, 0.29) is 11.9 Å². The molecule has 0 unspecified atom stereocenters. The maximum atomic E-state index is 13.1. The highest BCUT2D eigenvalue weighted by molar-refractivity contribution is 7.16. The average molecular weight is 422 g/mol. The number of carbonyl (C=O) groups excluding carboxylic acids is 2. The maximum absolute atomic E-state index is 13.1. The third-order valence-corrected chi connectivity index (χ3v) is 6.25. The van der Waals surface area contributed by atoms with Crippen LogP contribution in [-0.4, -0.2) is 23.5 Å². The topological polar surface area (TPSA) is 80.3 Å². The van der Waals surface area contributed by atoms with Gasteiger partial charge < -0.3 is 15.4 Å². The van der Waals surface area contributed by atoms with Gasteiger partial charge in [0, 0.05) is 29.5 Å². The first-order valence-electron chi connectivity index (χ1n) is 10.0. The van der Waals surface area contributed by atoms with Crippen LogP contribution in [0.1, 0.15) is 50.1 Å². The number of amides is 1. The van der Waals surface area contributed by atoms with Crippen LogP contribution in [0.5, 0.6) is 0 Å². The van der Waals surface area contributed by atoms with Crippen LogP contribution in [-0.2, 0) is 24.1 Å². The molecule has 0 bridgehead atoms. The van der Waals surface area contributed by atoms with Gasteiger partial charge in [0.15, 0.2) is 0 Å². The van der Waals surface area contributed by atoms with Gasteiger partial charge in [-0.1, -0.05) is 0 Å². The normalized spacial score (nSPS) is 12.3. The lowest BCUT2D eigenvalue weighted by molar-refractivity contribution is 0.0526. The lowest BCUT2D eigenvalue weighted by Crippen LogP contribution is -2.15. The fourth-order valence-corrected chi connectivity index (χ4v) is 4.83. The highest BCUT2D eigenvalue weighted by Gasteiger charge is 2.26. The summed E-state index contributed by atoms with van der Waals surface area (Å²) in [7, 11) is 0. The minimum Gasteiger partial charge on any atom is -0.462 e. The predicted molar refractivity (Wildman–Crippen MR) is 118 cm³/mol. The number of nitrogens with zero attached hydrogens (tertiary/aromatic N) is 1. The van der Waals surface area contributed by atoms with Crippen molar-refractivity contribution in [3.63, 3.8) is 0 Å². The van der Waals surface area contributed by atoms with Crippen molar-refractivity contribution < 1.29 is 14.3 Å². The van der Waals surface area contributed by atoms with E-state index in [1.54, 1.807) is 54.9 Å². The Hall–Kier alpha value is -3.19. The minimum absolute atomic E-state index is 0.129. The van der Waals surface area contributed by atoms with Gasteiger partial charge in [-0.2, -0.15) is 0 Å². The molecule has 4 rings (SSSR count). The molecule has 1 aromatic carbocycles. The van der Waals surface area contributed by atoms with Gasteiger partial charge in [0.25, 0.3) is 5.91 Å². The number of aromatic nitrogens is 1. The molecule has 1 amide bonds. The number of thiophene rings is 1. The molecular weight excluding hydrogens is 398 g/mol. The van der Waals surface area contributed by atoms with E-state index in [4.69, 9.17) is 4.74 Å². The van der Waals surface area contributed by atoms with E-state index in [0.717, 1.165) is 41.0 Å². The van der Waals surface area contributed by atoms with Crippen molar-refractivity contribution in [2.45, 2.75) is 32.7 Å². The smallest absolute Gasteiger partial charge is 0.338 e. The third-order valence-electron chi connectivity index (χ3n) is 5.00. The van der Waals surface area contributed by atoms with Gasteiger partial charge in [-0.15, -0.1) is 11.3 Å². The molecule has 0 aliphatic heterocycles. The fourth-order valence-electron chi connectivity index (χ4n) is 3.55. The molecule has 7 heteroatoms. The van der Waals surface area contributed by atoms with Crippen LogP contribution >= 0.6 is 11.3 Å². The van der Waals surface area contributed by atoms with E-state index < -0.39 is 0 Å². The Kier molecular flexibility index (Phi) is 6.09. The van der Waals surface area contributed by atoms with Crippen LogP contribution < -0.4 is 10.6 Å². The number of benzene rings is 1. The Morgan fingerprint density at radius 1 is 1.10 bits per heavy atom. The molecular formula is C23H23N3O3S. The molecule has 2 aromatic heterocycles. The van der Waals surface area contributed by atoms with Crippen LogP contribution in [0, 0.1) is 0 Å². The predicted octanol–water partition coefficient (Wildman–Crippen LogP) is 4.67. The molecule has 154 valence electrons. The summed E-state index contributed by atoms with van der Waals surface area (Å²) in [4.78, 5) is 30.3. The van der Waals surface area contributed by atoms with Gasteiger partial charge in [0.2, 0.25) is 0 Å². The molecule has 0 fully saturated rings. The first-order chi connectivity index (χ1) is 14.7. The lowest BCUT2D eigenvalue weighted by Gasteiger charge is -2.11. The number of ether oxygens (including phenoxy) is 1. The Labute approximate surface area is 179 Å². The van der Waals surface area contributed by atoms with E-state index in [1.165, 1.54) is 4.88 Å². The largest absolute Gasteiger partial charge is 0.462 e. The second kappa shape index (κ2) is 9.09. The van der Waals surface area contributed by atoms with E-state index >= 15 is 0 Å². The standard InChI is InChI=1S/C23H23N3O3S/c1-2-29-23(28)16-6-8-17(9-7-16)26-21(27)20-18-4-3-5-19(18)30-22(20)25-14-15-10-12-24-13-11-15/h6-13,25H,2-5,14H2,1H3,(H,26,27). The fraction of sp³-hybridized carbons (Fsp3) is 0.261. The van der Waals surface area contributed by atoms with E-state index in [0.29, 0.717) is 24.4 Å². The van der Waals surface area contributed by atoms with Crippen molar-refractivity contribution >= 4 is 33.9 Å². The Balaban J connectivity index is 1.51. The molecule has 0 spiro atoms. The summed E-state index contributed by atoms with van der Waals surface area (Å²) in [5.41, 5.74) is 4.10. The zero-order chi connectivity index (χ0) is 20.9. The average Bonchev–Trinajstić information content (AvgIpc) is 3.34. The second-order valence-corrected chi connectivity index (χ2v) is 8.13. The molecule has 3 aromatic rings. The number of esters is 1. The van der Waals surface area contributed by atoms with Gasteiger partial charge in [-0.3, -0.25) is 9.78 Å². The molecule has 30 heavy (non-hydrogen) atoms. The monoisotopic (exact) mass is 421 g/mol. The van der Waals surface area contributed by atoms with Crippen molar-refractivity contribution in [3.8, 4) is 0 Å². The highest BCUT2D eigenvalue weighted by Crippen LogP contribution is 2.39. The molecule has 0 saturated heterocycles. The summed E-state index contributed by atoms with van der Waals surface area (Å²) in [5.74, 6) is -0.496. The van der Waals surface area contributed by atoms with Crippen molar-refractivity contribution in [2.75, 3.05) is 17.2 Å². The van der Waals surface area contributed by atoms with Crippen molar-refractivity contribution in [1.29, 1.82) is 0 Å². The third kappa shape index (κ3) is 4.36. The summed E-state index contributed by atoms with van der Waals surface area (Å²) in [6.45, 7) is 2.73. The van der Waals surface area contributed by atoms with Crippen molar-refractivity contribution in [2.24, 2.45) is 0 Å². The van der Waals surface area contributed by atoms with E-state index in [9.17, 15) is 9.59 Å². The van der Waals surface area contributed by atoms with Crippen molar-refractivity contribution in [3.05, 3.63) is 75.9 Å². The number of aryl methyl sites for hydroxylation is 1. The van der Waals surface area contributed by atoms with E-state index in [1.807, 2.05) is 12.1 Å². The zero-order valence-corrected chi connectivity index (χ0v) is 17.6. The number of rotatable bonds is 7. The number of pyridine rings is 1. The van der Waals surface area contributed by atoms with Crippen LogP contribution in [0.2, 0.25) is 0 Å². The van der Waals surface area contributed by atoms with Crippen LogP contribution in [0.15, 0.2) is 48.8 Å². The molecule has 0 atom stereocenters. The van der Waals surface area contributed by atoms with Crippen LogP contribution in [0.3, 0.4) is 0 Å². The Morgan fingerprint density at radius 2 is 1.87 bits per heavy atom. The van der Waals surface area contributed by atoms with Gasteiger partial charge in [0.1, 0.15) is 5.00 Å². The van der Waals surface area contributed by atoms with Gasteiger partial charge in [-0.25, -0.2) is 4.79 Å². The van der Waals surface area contributed by atoms with Crippen molar-refractivity contribution in [1.82, 2.24) is 4.98 Å². The number of carbonyl (C=O) groups is 2. The summed E-state index contributed by atoms with van der Waals surface area (Å²) < 4.78 is 5.00. The van der Waals surface area contributed by atoms with Crippen LogP contribution in [0.25, 0.3) is 0 Å². The lowest BCUT2D eigenvalue weighted by atomic mass is 10.1. The highest BCUT2D eigenvalue weighted by atomic mass is 32.1. The number of anilines is 2. The molecule has 0 radical (unpaired) electrons. The number of hydrogen-bond donors (Lipinski definition) is 2. The molecule has 6 nitrogen and oxygen atoms in total. The Bertz CT molecular complexity index is 1050. The summed E-state index contributed by atoms with van der Waals surface area (Å²) in [6.07, 6.45) is 6.55. The molecule has 1 aliphatic rings. The van der Waals surface area contributed by atoms with E-state index in [2.05, 4.69) is 15.6 Å². The number of hydrogen-bond acceptors (Lipinski definition) is 6. The quantitative estimate of drug-likeness (QED) is 0.542. The van der Waals surface area contributed by atoms with Crippen LogP contribution in [0.4, 0.5) is 10.7 Å². The Morgan fingerprint density at radius 3 is 2.60 bits per heavy atom. The SMILES string of the molecule is CCOC(=O)c1ccc(NC(=O)c2c(NCc3ccncc3)sc3c2CCC3)cc1. The minimum atomic E-state index is -0.367. The molecule has 2 N–H and O–H groups in total. The summed E-state index contributed by atoms with van der Waals surface area (Å²) in [6, 6.07) is 10.7. The summed E-state index contributed by atoms with van der Waals surface area (Å²) >= 11 is 1.67. The van der Waals surface area contributed by atoms with Gasteiger partial charge >= 0.3 is 5.97 Å². The first-order valence-corrected chi connectivity index (χ1v) is 10.8. The first kappa shape index (κ1) is 20.1. The molecule has 2 heterocycles. The molecule has 0 saturated carbocycles. The van der Waals surface area contributed by atoms with Gasteiger partial charge in [0.05, 0.1) is 17.7 Å². The molecule has 1 aliphatic carbocycles. The zero-order valence-electron chi connectivity index (χ0n) is 16.7. The van der Waals surface area contributed by atoms with Gasteiger partial charge in [-0.05, 0) is 73.7 Å². The second-order valence-electron chi connectivity index (χ2n) is 7.02. The number of fused-ring (bicyclic) bond motifs is 1. The summed E-state index contributed by atoms with van der Waals surface area (Å²) in [5, 5.41) is 7.31.